The topological polar surface area (TPSA) is 51.8 Å². The lowest BCUT2D eigenvalue weighted by Crippen LogP contribution is -2.12. The van der Waals surface area contributed by atoms with E-state index in [2.05, 4.69) is 65.6 Å². The van der Waals surface area contributed by atoms with E-state index in [1.54, 1.807) is 11.3 Å². The molecule has 1 aliphatic rings. The molecule has 0 bridgehead atoms. The molecule has 2 N–H and O–H groups in total. The lowest BCUT2D eigenvalue weighted by molar-refractivity contribution is 0.893. The Morgan fingerprint density at radius 1 is 0.964 bits per heavy atom. The van der Waals surface area contributed by atoms with Crippen molar-refractivity contribution >= 4 is 50.9 Å². The first-order valence-corrected chi connectivity index (χ1v) is 12.1. The zero-order valence-electron chi connectivity index (χ0n) is 15.3. The minimum atomic E-state index is 0.284. The number of fused-ring (bicyclic) bond motifs is 3. The molecule has 3 heterocycles. The van der Waals surface area contributed by atoms with Crippen LogP contribution in [0, 0.1) is 0 Å². The summed E-state index contributed by atoms with van der Waals surface area (Å²) in [4.78, 5) is 11.7. The van der Waals surface area contributed by atoms with Crippen LogP contribution in [0.3, 0.4) is 0 Å². The highest BCUT2D eigenvalue weighted by molar-refractivity contribution is 8.00. The maximum atomic E-state index is 6.40. The van der Waals surface area contributed by atoms with Crippen LogP contribution in [0.2, 0.25) is 0 Å². The normalized spacial score (nSPS) is 18.9. The Hall–Kier alpha value is -2.02. The highest BCUT2D eigenvalue weighted by atomic mass is 32.2. The fourth-order valence-electron chi connectivity index (χ4n) is 3.77. The molecular formula is C22H19N3S3. The van der Waals surface area contributed by atoms with Crippen LogP contribution in [-0.4, -0.2) is 16.2 Å². The van der Waals surface area contributed by atoms with Crippen molar-refractivity contribution in [3.05, 3.63) is 82.2 Å². The predicted octanol–water partition coefficient (Wildman–Crippen LogP) is 6.12. The molecule has 1 aliphatic heterocycles. The lowest BCUT2D eigenvalue weighted by Gasteiger charge is -2.30. The highest BCUT2D eigenvalue weighted by Crippen LogP contribution is 2.55. The number of nitrogen functional groups attached to an aromatic ring is 1. The van der Waals surface area contributed by atoms with Crippen LogP contribution in [0.25, 0.3) is 10.2 Å². The number of thioether (sulfide) groups is 2. The second kappa shape index (κ2) is 7.43. The summed E-state index contributed by atoms with van der Waals surface area (Å²) in [5.74, 6) is 0.609. The van der Waals surface area contributed by atoms with Gasteiger partial charge in [0.2, 0.25) is 0 Å². The smallest absolute Gasteiger partial charge is 0.190 e. The average molecular weight is 422 g/mol. The van der Waals surface area contributed by atoms with E-state index in [1.807, 2.05) is 18.0 Å². The van der Waals surface area contributed by atoms with Crippen LogP contribution in [0.15, 0.2) is 65.8 Å². The number of hydrogen-bond acceptors (Lipinski definition) is 6. The molecule has 2 aromatic carbocycles. The Kier molecular flexibility index (Phi) is 4.78. The molecular weight excluding hydrogens is 402 g/mol. The van der Waals surface area contributed by atoms with Gasteiger partial charge in [-0.3, -0.25) is 0 Å². The summed E-state index contributed by atoms with van der Waals surface area (Å²) < 4.78 is 0. The van der Waals surface area contributed by atoms with Crippen molar-refractivity contribution in [3.63, 3.8) is 0 Å². The Balaban J connectivity index is 1.71. The SMILES string of the molecule is CSc1nc(N)c2c3c(sc2n1)[C@H](c1ccccc1)S[C@H](c1ccccc1)C3. The van der Waals surface area contributed by atoms with Gasteiger partial charge in [-0.15, -0.1) is 23.1 Å². The van der Waals surface area contributed by atoms with E-state index in [0.717, 1.165) is 21.8 Å². The van der Waals surface area contributed by atoms with Gasteiger partial charge in [0.05, 0.1) is 10.6 Å². The van der Waals surface area contributed by atoms with Gasteiger partial charge in [-0.05, 0) is 29.4 Å². The van der Waals surface area contributed by atoms with Crippen LogP contribution in [0.1, 0.15) is 32.1 Å². The minimum Gasteiger partial charge on any atom is -0.383 e. The van der Waals surface area contributed by atoms with Gasteiger partial charge >= 0.3 is 0 Å². The Labute approximate surface area is 176 Å². The molecule has 28 heavy (non-hydrogen) atoms. The van der Waals surface area contributed by atoms with Gasteiger partial charge in [0.25, 0.3) is 0 Å². The average Bonchev–Trinajstić information content (AvgIpc) is 3.13. The Morgan fingerprint density at radius 3 is 2.32 bits per heavy atom. The number of anilines is 1. The molecule has 0 saturated carbocycles. The first-order chi connectivity index (χ1) is 13.7. The zero-order valence-corrected chi connectivity index (χ0v) is 17.8. The maximum absolute atomic E-state index is 6.40. The van der Waals surface area contributed by atoms with Crippen molar-refractivity contribution in [1.29, 1.82) is 0 Å². The van der Waals surface area contributed by atoms with Gasteiger partial charge in [-0.2, -0.15) is 0 Å². The van der Waals surface area contributed by atoms with Crippen LogP contribution in [0.5, 0.6) is 0 Å². The predicted molar refractivity (Wildman–Crippen MR) is 122 cm³/mol. The van der Waals surface area contributed by atoms with E-state index in [0.29, 0.717) is 11.1 Å². The van der Waals surface area contributed by atoms with Gasteiger partial charge in [0.15, 0.2) is 5.16 Å². The highest BCUT2D eigenvalue weighted by Gasteiger charge is 2.34. The maximum Gasteiger partial charge on any atom is 0.190 e. The van der Waals surface area contributed by atoms with Crippen LogP contribution >= 0.6 is 34.9 Å². The number of thiophene rings is 1. The second-order valence-corrected chi connectivity index (χ2v) is 9.87. The second-order valence-electron chi connectivity index (χ2n) is 6.75. The summed E-state index contributed by atoms with van der Waals surface area (Å²) in [7, 11) is 0. The molecule has 0 spiro atoms. The molecule has 0 aliphatic carbocycles. The summed E-state index contributed by atoms with van der Waals surface area (Å²) in [5, 5.41) is 2.47. The molecule has 0 unspecified atom stereocenters. The molecule has 6 heteroatoms. The first-order valence-electron chi connectivity index (χ1n) is 9.12. The van der Waals surface area contributed by atoms with E-state index in [4.69, 9.17) is 10.7 Å². The molecule has 3 nitrogen and oxygen atoms in total. The fraction of sp³-hybridized carbons (Fsp3) is 0.182. The largest absolute Gasteiger partial charge is 0.383 e. The molecule has 140 valence electrons. The van der Waals surface area contributed by atoms with Gasteiger partial charge in [0.1, 0.15) is 10.6 Å². The third kappa shape index (κ3) is 3.09. The van der Waals surface area contributed by atoms with Crippen molar-refractivity contribution < 1.29 is 0 Å². The summed E-state index contributed by atoms with van der Waals surface area (Å²) in [6, 6.07) is 21.5. The fourth-order valence-corrected chi connectivity index (χ4v) is 7.22. The van der Waals surface area contributed by atoms with Gasteiger partial charge in [-0.1, -0.05) is 72.4 Å². The minimum absolute atomic E-state index is 0.284. The number of benzene rings is 2. The molecule has 0 fully saturated rings. The monoisotopic (exact) mass is 421 g/mol. The summed E-state index contributed by atoms with van der Waals surface area (Å²) in [5.41, 5.74) is 10.4. The van der Waals surface area contributed by atoms with E-state index >= 15 is 0 Å². The number of rotatable bonds is 3. The molecule has 5 rings (SSSR count). The third-order valence-electron chi connectivity index (χ3n) is 5.07. The molecule has 4 aromatic rings. The molecule has 0 radical (unpaired) electrons. The van der Waals surface area contributed by atoms with Crippen molar-refractivity contribution in [1.82, 2.24) is 9.97 Å². The van der Waals surface area contributed by atoms with Crippen LogP contribution < -0.4 is 5.73 Å². The first kappa shape index (κ1) is 18.0. The Morgan fingerprint density at radius 2 is 1.64 bits per heavy atom. The standard InChI is InChI=1S/C22H19N3S3/c1-26-22-24-20(23)17-15-12-16(13-8-4-2-5-9-13)27-18(14-10-6-3-7-11-14)19(15)28-21(17)25-22/h2-11,16,18H,12H2,1H3,(H2,23,24,25)/t16-,18-/m0/s1. The van der Waals surface area contributed by atoms with E-state index < -0.39 is 0 Å². The van der Waals surface area contributed by atoms with Crippen molar-refractivity contribution in [3.8, 4) is 0 Å². The summed E-state index contributed by atoms with van der Waals surface area (Å²) >= 11 is 5.34. The van der Waals surface area contributed by atoms with E-state index in [1.165, 1.54) is 33.3 Å². The summed E-state index contributed by atoms with van der Waals surface area (Å²) in [6.07, 6.45) is 2.95. The molecule has 2 aromatic heterocycles. The molecule has 0 saturated heterocycles. The number of hydrogen-bond donors (Lipinski definition) is 1. The quantitative estimate of drug-likeness (QED) is 0.319. The molecule has 2 atom stereocenters. The van der Waals surface area contributed by atoms with Crippen molar-refractivity contribution in [2.75, 3.05) is 12.0 Å². The summed E-state index contributed by atoms with van der Waals surface area (Å²) in [6.45, 7) is 0. The third-order valence-corrected chi connectivity index (χ3v) is 8.51. The van der Waals surface area contributed by atoms with E-state index in [-0.39, 0.29) is 5.25 Å². The van der Waals surface area contributed by atoms with Crippen LogP contribution in [-0.2, 0) is 6.42 Å². The van der Waals surface area contributed by atoms with Crippen molar-refractivity contribution in [2.45, 2.75) is 22.1 Å². The van der Waals surface area contributed by atoms with Crippen LogP contribution in [0.4, 0.5) is 5.82 Å². The van der Waals surface area contributed by atoms with Crippen molar-refractivity contribution in [2.24, 2.45) is 0 Å². The van der Waals surface area contributed by atoms with Gasteiger partial charge in [-0.25, -0.2) is 9.97 Å². The number of nitrogens with zero attached hydrogens (tertiary/aromatic N) is 2. The zero-order chi connectivity index (χ0) is 19.1. The lowest BCUT2D eigenvalue weighted by atomic mass is 9.98. The number of nitrogens with two attached hydrogens (primary N) is 1. The van der Waals surface area contributed by atoms with E-state index in [9.17, 15) is 0 Å². The molecule has 0 amide bonds. The van der Waals surface area contributed by atoms with Gasteiger partial charge in [0, 0.05) is 10.1 Å². The Bertz CT molecular complexity index is 1130. The van der Waals surface area contributed by atoms with Gasteiger partial charge < -0.3 is 5.73 Å². The number of aromatic nitrogens is 2.